The van der Waals surface area contributed by atoms with Gasteiger partial charge in [0.05, 0.1) is 6.61 Å². The van der Waals surface area contributed by atoms with Gasteiger partial charge in [0.2, 0.25) is 0 Å². The molecule has 0 amide bonds. The van der Waals surface area contributed by atoms with Gasteiger partial charge in [-0.05, 0) is 25.0 Å². The van der Waals surface area contributed by atoms with Crippen LogP contribution in [-0.2, 0) is 6.42 Å². The highest BCUT2D eigenvalue weighted by Gasteiger charge is 2.14. The molecule has 0 aliphatic carbocycles. The summed E-state index contributed by atoms with van der Waals surface area (Å²) >= 11 is 0. The summed E-state index contributed by atoms with van der Waals surface area (Å²) in [6, 6.07) is 7.80. The maximum Gasteiger partial charge on any atom is 0.172 e. The SMILES string of the molecule is CCCOc1cccc(-c2onc(N)c2CC)c1. The lowest BCUT2D eigenvalue weighted by Crippen LogP contribution is -1.95. The second kappa shape index (κ2) is 5.58. The minimum atomic E-state index is 0.465. The van der Waals surface area contributed by atoms with Gasteiger partial charge >= 0.3 is 0 Å². The molecular weight excluding hydrogens is 228 g/mol. The Balaban J connectivity index is 2.32. The molecule has 0 atom stereocenters. The summed E-state index contributed by atoms with van der Waals surface area (Å²) < 4.78 is 10.9. The number of nitrogens with two attached hydrogens (primary N) is 1. The van der Waals surface area contributed by atoms with Gasteiger partial charge in [0.15, 0.2) is 11.6 Å². The van der Waals surface area contributed by atoms with Crippen LogP contribution in [0.25, 0.3) is 11.3 Å². The minimum absolute atomic E-state index is 0.465. The van der Waals surface area contributed by atoms with Crippen molar-refractivity contribution >= 4 is 5.82 Å². The van der Waals surface area contributed by atoms with Gasteiger partial charge < -0.3 is 15.0 Å². The number of nitrogen functional groups attached to an aromatic ring is 1. The Hall–Kier alpha value is -1.97. The van der Waals surface area contributed by atoms with E-state index < -0.39 is 0 Å². The molecule has 0 bridgehead atoms. The van der Waals surface area contributed by atoms with E-state index in [0.29, 0.717) is 12.4 Å². The van der Waals surface area contributed by atoms with E-state index in [1.165, 1.54) is 0 Å². The second-order valence-corrected chi connectivity index (χ2v) is 4.11. The first-order valence-electron chi connectivity index (χ1n) is 6.23. The van der Waals surface area contributed by atoms with Crippen molar-refractivity contribution in [2.45, 2.75) is 26.7 Å². The Kier molecular flexibility index (Phi) is 3.87. The molecule has 4 nitrogen and oxygen atoms in total. The quantitative estimate of drug-likeness (QED) is 0.879. The molecule has 1 aromatic carbocycles. The number of aromatic nitrogens is 1. The van der Waals surface area contributed by atoms with Gasteiger partial charge in [0, 0.05) is 11.1 Å². The smallest absolute Gasteiger partial charge is 0.172 e. The topological polar surface area (TPSA) is 61.3 Å². The Bertz CT molecular complexity index is 520. The van der Waals surface area contributed by atoms with Crippen molar-refractivity contribution in [2.75, 3.05) is 12.3 Å². The van der Waals surface area contributed by atoms with Crippen molar-refractivity contribution in [3.05, 3.63) is 29.8 Å². The summed E-state index contributed by atoms with van der Waals surface area (Å²) in [5.74, 6) is 2.04. The van der Waals surface area contributed by atoms with E-state index in [1.54, 1.807) is 0 Å². The maximum atomic E-state index is 5.77. The molecule has 1 heterocycles. The van der Waals surface area contributed by atoms with Crippen LogP contribution in [0, 0.1) is 0 Å². The summed E-state index contributed by atoms with van der Waals surface area (Å²) in [4.78, 5) is 0. The standard InChI is InChI=1S/C14H18N2O2/c1-3-8-17-11-7-5-6-10(9-11)13-12(4-2)14(15)16-18-13/h5-7,9H,3-4,8H2,1-2H3,(H2,15,16). The third kappa shape index (κ3) is 2.47. The van der Waals surface area contributed by atoms with Crippen molar-refractivity contribution in [3.8, 4) is 17.1 Å². The summed E-state index contributed by atoms with van der Waals surface area (Å²) in [6.45, 7) is 4.82. The molecule has 0 aliphatic heterocycles. The number of nitrogens with zero attached hydrogens (tertiary/aromatic N) is 1. The van der Waals surface area contributed by atoms with Gasteiger partial charge in [0.25, 0.3) is 0 Å². The van der Waals surface area contributed by atoms with Crippen molar-refractivity contribution in [2.24, 2.45) is 0 Å². The van der Waals surface area contributed by atoms with Crippen LogP contribution in [0.5, 0.6) is 5.75 Å². The third-order valence-electron chi connectivity index (χ3n) is 2.74. The van der Waals surface area contributed by atoms with E-state index in [0.717, 1.165) is 35.5 Å². The Labute approximate surface area is 107 Å². The van der Waals surface area contributed by atoms with Crippen molar-refractivity contribution in [3.63, 3.8) is 0 Å². The number of hydrogen-bond donors (Lipinski definition) is 1. The number of benzene rings is 1. The molecule has 2 N–H and O–H groups in total. The number of ether oxygens (including phenoxy) is 1. The molecule has 4 heteroatoms. The Morgan fingerprint density at radius 2 is 2.17 bits per heavy atom. The first-order chi connectivity index (χ1) is 8.76. The predicted octanol–water partition coefficient (Wildman–Crippen LogP) is 3.28. The van der Waals surface area contributed by atoms with Gasteiger partial charge in [-0.25, -0.2) is 0 Å². The van der Waals surface area contributed by atoms with E-state index in [1.807, 2.05) is 31.2 Å². The first kappa shape index (κ1) is 12.5. The molecule has 0 radical (unpaired) electrons. The van der Waals surface area contributed by atoms with Gasteiger partial charge in [-0.1, -0.05) is 31.1 Å². The van der Waals surface area contributed by atoms with Crippen molar-refractivity contribution in [1.82, 2.24) is 5.16 Å². The second-order valence-electron chi connectivity index (χ2n) is 4.11. The Morgan fingerprint density at radius 1 is 1.33 bits per heavy atom. The van der Waals surface area contributed by atoms with Crippen molar-refractivity contribution in [1.29, 1.82) is 0 Å². The molecule has 0 saturated carbocycles. The molecule has 0 fully saturated rings. The molecule has 0 spiro atoms. The summed E-state index contributed by atoms with van der Waals surface area (Å²) in [6.07, 6.45) is 1.78. The average Bonchev–Trinajstić information content (AvgIpc) is 2.77. The van der Waals surface area contributed by atoms with E-state index in [-0.39, 0.29) is 0 Å². The predicted molar refractivity (Wildman–Crippen MR) is 71.5 cm³/mol. The maximum absolute atomic E-state index is 5.77. The van der Waals surface area contributed by atoms with E-state index in [9.17, 15) is 0 Å². The zero-order valence-electron chi connectivity index (χ0n) is 10.8. The number of rotatable bonds is 5. The fourth-order valence-electron chi connectivity index (χ4n) is 1.84. The van der Waals surface area contributed by atoms with Crippen LogP contribution in [0.15, 0.2) is 28.8 Å². The fraction of sp³-hybridized carbons (Fsp3) is 0.357. The average molecular weight is 246 g/mol. The summed E-state index contributed by atoms with van der Waals surface area (Å²) in [5.41, 5.74) is 7.67. The lowest BCUT2D eigenvalue weighted by molar-refractivity contribution is 0.317. The van der Waals surface area contributed by atoms with Gasteiger partial charge in [0.1, 0.15) is 5.75 Å². The highest BCUT2D eigenvalue weighted by atomic mass is 16.5. The molecule has 2 aromatic rings. The van der Waals surface area contributed by atoms with Crippen LogP contribution in [0.4, 0.5) is 5.82 Å². The lowest BCUT2D eigenvalue weighted by atomic mass is 10.1. The van der Waals surface area contributed by atoms with Crippen LogP contribution in [-0.4, -0.2) is 11.8 Å². The molecule has 0 aliphatic rings. The van der Waals surface area contributed by atoms with Crippen LogP contribution >= 0.6 is 0 Å². The third-order valence-corrected chi connectivity index (χ3v) is 2.74. The van der Waals surface area contributed by atoms with Crippen LogP contribution < -0.4 is 10.5 Å². The lowest BCUT2D eigenvalue weighted by Gasteiger charge is -2.06. The Morgan fingerprint density at radius 3 is 2.89 bits per heavy atom. The number of hydrogen-bond acceptors (Lipinski definition) is 4. The zero-order valence-corrected chi connectivity index (χ0v) is 10.8. The largest absolute Gasteiger partial charge is 0.494 e. The van der Waals surface area contributed by atoms with Gasteiger partial charge in [-0.3, -0.25) is 0 Å². The van der Waals surface area contributed by atoms with Crippen LogP contribution in [0.2, 0.25) is 0 Å². The van der Waals surface area contributed by atoms with Crippen molar-refractivity contribution < 1.29 is 9.26 Å². The molecule has 0 saturated heterocycles. The van der Waals surface area contributed by atoms with Gasteiger partial charge in [-0.2, -0.15) is 0 Å². The fourth-order valence-corrected chi connectivity index (χ4v) is 1.84. The molecular formula is C14H18N2O2. The molecule has 96 valence electrons. The number of anilines is 1. The van der Waals surface area contributed by atoms with E-state index in [2.05, 4.69) is 12.1 Å². The highest BCUT2D eigenvalue weighted by molar-refractivity contribution is 5.67. The van der Waals surface area contributed by atoms with Crippen LogP contribution in [0.1, 0.15) is 25.8 Å². The molecule has 1 aromatic heterocycles. The molecule has 2 rings (SSSR count). The minimum Gasteiger partial charge on any atom is -0.494 e. The molecule has 18 heavy (non-hydrogen) atoms. The summed E-state index contributed by atoms with van der Waals surface area (Å²) in [5, 5.41) is 3.82. The monoisotopic (exact) mass is 246 g/mol. The van der Waals surface area contributed by atoms with E-state index in [4.69, 9.17) is 15.0 Å². The van der Waals surface area contributed by atoms with Crippen LogP contribution in [0.3, 0.4) is 0 Å². The summed E-state index contributed by atoms with van der Waals surface area (Å²) in [7, 11) is 0. The normalized spacial score (nSPS) is 10.6. The first-order valence-corrected chi connectivity index (χ1v) is 6.23. The van der Waals surface area contributed by atoms with E-state index >= 15 is 0 Å². The molecule has 0 unspecified atom stereocenters. The highest BCUT2D eigenvalue weighted by Crippen LogP contribution is 2.30. The van der Waals surface area contributed by atoms with Gasteiger partial charge in [-0.15, -0.1) is 0 Å². The zero-order chi connectivity index (χ0) is 13.0.